The monoisotopic (exact) mass is 339 g/mol. The molecule has 0 aliphatic carbocycles. The van der Waals surface area contributed by atoms with Crippen molar-refractivity contribution in [1.29, 1.82) is 0 Å². The molecule has 4 heteroatoms. The van der Waals surface area contributed by atoms with E-state index >= 15 is 0 Å². The zero-order chi connectivity index (χ0) is 18.1. The number of ether oxygens (including phenoxy) is 1. The van der Waals surface area contributed by atoms with Gasteiger partial charge in [-0.1, -0.05) is 55.8 Å². The fourth-order valence-electron chi connectivity index (χ4n) is 2.63. The zero-order valence-corrected chi connectivity index (χ0v) is 14.8. The predicted molar refractivity (Wildman–Crippen MR) is 98.5 cm³/mol. The first-order chi connectivity index (χ1) is 12.1. The molecule has 1 unspecified atom stereocenters. The lowest BCUT2D eigenvalue weighted by molar-refractivity contribution is -0.142. The summed E-state index contributed by atoms with van der Waals surface area (Å²) < 4.78 is 4.83. The number of rotatable bonds is 8. The lowest BCUT2D eigenvalue weighted by Gasteiger charge is -2.17. The van der Waals surface area contributed by atoms with Gasteiger partial charge in [-0.3, -0.25) is 4.79 Å². The second-order valence-electron chi connectivity index (χ2n) is 6.04. The number of esters is 1. The highest BCUT2D eigenvalue weighted by Gasteiger charge is 2.22. The summed E-state index contributed by atoms with van der Waals surface area (Å²) in [5.74, 6) is -0.717. The van der Waals surface area contributed by atoms with Gasteiger partial charge in [0.25, 0.3) is 5.91 Å². The van der Waals surface area contributed by atoms with Crippen LogP contribution in [0.2, 0.25) is 0 Å². The van der Waals surface area contributed by atoms with E-state index in [4.69, 9.17) is 4.74 Å². The molecule has 1 amide bonds. The van der Waals surface area contributed by atoms with Crippen molar-refractivity contribution >= 4 is 11.9 Å². The molecule has 4 nitrogen and oxygen atoms in total. The molecule has 2 rings (SSSR count). The van der Waals surface area contributed by atoms with Gasteiger partial charge in [0.05, 0.1) is 7.11 Å². The van der Waals surface area contributed by atoms with Crippen LogP contribution in [0.5, 0.6) is 0 Å². The molecule has 0 aliphatic heterocycles. The van der Waals surface area contributed by atoms with Crippen LogP contribution in [0.4, 0.5) is 0 Å². The van der Waals surface area contributed by atoms with Gasteiger partial charge in [0, 0.05) is 12.0 Å². The minimum atomic E-state index is -0.709. The number of nitrogens with one attached hydrogen (secondary N) is 1. The Bertz CT molecular complexity index is 680. The SMILES string of the molecule is CCCCc1ccc(C(=O)NC(Cc2ccccc2)C(=O)OC)cc1. The van der Waals surface area contributed by atoms with Gasteiger partial charge in [-0.2, -0.15) is 0 Å². The average Bonchev–Trinajstić information content (AvgIpc) is 2.66. The number of hydrogen-bond donors (Lipinski definition) is 1. The van der Waals surface area contributed by atoms with Gasteiger partial charge >= 0.3 is 5.97 Å². The summed E-state index contributed by atoms with van der Waals surface area (Å²) in [6.07, 6.45) is 3.68. The van der Waals surface area contributed by atoms with E-state index in [2.05, 4.69) is 12.2 Å². The van der Waals surface area contributed by atoms with E-state index in [1.165, 1.54) is 12.7 Å². The number of methoxy groups -OCH3 is 1. The van der Waals surface area contributed by atoms with Crippen molar-refractivity contribution in [3.63, 3.8) is 0 Å². The lowest BCUT2D eigenvalue weighted by Crippen LogP contribution is -2.43. The Labute approximate surface area is 149 Å². The molecule has 0 saturated carbocycles. The van der Waals surface area contributed by atoms with E-state index in [0.717, 1.165) is 24.8 Å². The first-order valence-electron chi connectivity index (χ1n) is 8.65. The van der Waals surface area contributed by atoms with Crippen LogP contribution in [0, 0.1) is 0 Å². The molecule has 0 fully saturated rings. The van der Waals surface area contributed by atoms with Gasteiger partial charge in [0.2, 0.25) is 0 Å². The van der Waals surface area contributed by atoms with Crippen LogP contribution in [0.25, 0.3) is 0 Å². The quantitative estimate of drug-likeness (QED) is 0.749. The Kier molecular flexibility index (Phi) is 7.20. The number of carbonyl (C=O) groups excluding carboxylic acids is 2. The molecule has 2 aromatic rings. The second-order valence-corrected chi connectivity index (χ2v) is 6.04. The van der Waals surface area contributed by atoms with E-state index in [1.807, 2.05) is 42.5 Å². The van der Waals surface area contributed by atoms with E-state index in [9.17, 15) is 9.59 Å². The highest BCUT2D eigenvalue weighted by molar-refractivity contribution is 5.96. The molecule has 0 heterocycles. The number of carbonyl (C=O) groups is 2. The van der Waals surface area contributed by atoms with E-state index in [1.54, 1.807) is 12.1 Å². The molecule has 1 N–H and O–H groups in total. The smallest absolute Gasteiger partial charge is 0.328 e. The molecule has 0 spiro atoms. The summed E-state index contributed by atoms with van der Waals surface area (Å²) in [5, 5.41) is 2.78. The summed E-state index contributed by atoms with van der Waals surface area (Å²) in [6, 6.07) is 16.4. The van der Waals surface area contributed by atoms with Crippen LogP contribution in [-0.2, 0) is 22.4 Å². The van der Waals surface area contributed by atoms with Crippen LogP contribution >= 0.6 is 0 Å². The minimum absolute atomic E-state index is 0.270. The van der Waals surface area contributed by atoms with Gasteiger partial charge in [0.15, 0.2) is 0 Å². The van der Waals surface area contributed by atoms with Crippen LogP contribution < -0.4 is 5.32 Å². The fraction of sp³-hybridized carbons (Fsp3) is 0.333. The summed E-state index contributed by atoms with van der Waals surface area (Å²) in [7, 11) is 1.33. The van der Waals surface area contributed by atoms with Crippen molar-refractivity contribution < 1.29 is 14.3 Å². The maximum Gasteiger partial charge on any atom is 0.328 e. The molecule has 0 aliphatic rings. The maximum atomic E-state index is 12.5. The minimum Gasteiger partial charge on any atom is -0.467 e. The third-order valence-corrected chi connectivity index (χ3v) is 4.11. The van der Waals surface area contributed by atoms with Crippen molar-refractivity contribution in [1.82, 2.24) is 5.32 Å². The van der Waals surface area contributed by atoms with E-state index < -0.39 is 12.0 Å². The first-order valence-corrected chi connectivity index (χ1v) is 8.65. The molecule has 0 saturated heterocycles. The molecule has 0 aromatic heterocycles. The normalized spacial score (nSPS) is 11.6. The number of amides is 1. The molecular formula is C21H25NO3. The Morgan fingerprint density at radius 2 is 1.68 bits per heavy atom. The molecule has 132 valence electrons. The highest BCUT2D eigenvalue weighted by Crippen LogP contribution is 2.10. The number of hydrogen-bond acceptors (Lipinski definition) is 3. The van der Waals surface area contributed by atoms with Gasteiger partial charge in [-0.25, -0.2) is 4.79 Å². The molecule has 0 radical (unpaired) electrons. The van der Waals surface area contributed by atoms with Crippen molar-refractivity contribution in [3.05, 3.63) is 71.3 Å². The first kappa shape index (κ1) is 18.7. The van der Waals surface area contributed by atoms with Gasteiger partial charge in [0.1, 0.15) is 6.04 Å². The zero-order valence-electron chi connectivity index (χ0n) is 14.8. The number of unbranched alkanes of at least 4 members (excludes halogenated alkanes) is 1. The Balaban J connectivity index is 2.04. The van der Waals surface area contributed by atoms with Crippen molar-refractivity contribution in [2.75, 3.05) is 7.11 Å². The molecule has 2 aromatic carbocycles. The maximum absolute atomic E-state index is 12.5. The number of aryl methyl sites for hydroxylation is 1. The van der Waals surface area contributed by atoms with Crippen molar-refractivity contribution in [2.45, 2.75) is 38.6 Å². The Morgan fingerprint density at radius 1 is 1.00 bits per heavy atom. The van der Waals surface area contributed by atoms with Gasteiger partial charge < -0.3 is 10.1 Å². The summed E-state index contributed by atoms with van der Waals surface area (Å²) >= 11 is 0. The third kappa shape index (κ3) is 5.75. The summed E-state index contributed by atoms with van der Waals surface area (Å²) in [5.41, 5.74) is 2.72. The predicted octanol–water partition coefficient (Wildman–Crippen LogP) is 3.54. The third-order valence-electron chi connectivity index (χ3n) is 4.11. The molecular weight excluding hydrogens is 314 g/mol. The van der Waals surface area contributed by atoms with Gasteiger partial charge in [-0.05, 0) is 36.1 Å². The van der Waals surface area contributed by atoms with Crippen LogP contribution in [0.1, 0.15) is 41.3 Å². The molecule has 0 bridgehead atoms. The topological polar surface area (TPSA) is 55.4 Å². The molecule has 1 atom stereocenters. The average molecular weight is 339 g/mol. The highest BCUT2D eigenvalue weighted by atomic mass is 16.5. The van der Waals surface area contributed by atoms with E-state index in [-0.39, 0.29) is 5.91 Å². The molecule has 25 heavy (non-hydrogen) atoms. The number of benzene rings is 2. The van der Waals surface area contributed by atoms with Crippen molar-refractivity contribution in [2.24, 2.45) is 0 Å². The van der Waals surface area contributed by atoms with Gasteiger partial charge in [-0.15, -0.1) is 0 Å². The van der Waals surface area contributed by atoms with Crippen LogP contribution in [0.3, 0.4) is 0 Å². The van der Waals surface area contributed by atoms with E-state index in [0.29, 0.717) is 12.0 Å². The Hall–Kier alpha value is -2.62. The summed E-state index contributed by atoms with van der Waals surface area (Å²) in [6.45, 7) is 2.15. The largest absolute Gasteiger partial charge is 0.467 e. The Morgan fingerprint density at radius 3 is 2.28 bits per heavy atom. The standard InChI is InChI=1S/C21H25NO3/c1-3-4-8-16-11-13-18(14-12-16)20(23)22-19(21(24)25-2)15-17-9-6-5-7-10-17/h5-7,9-14,19H,3-4,8,15H2,1-2H3,(H,22,23). The lowest BCUT2D eigenvalue weighted by atomic mass is 10.0. The summed E-state index contributed by atoms with van der Waals surface area (Å²) in [4.78, 5) is 24.5. The fourth-order valence-corrected chi connectivity index (χ4v) is 2.63. The second kappa shape index (κ2) is 9.62. The van der Waals surface area contributed by atoms with Crippen LogP contribution in [-0.4, -0.2) is 25.0 Å². The van der Waals surface area contributed by atoms with Crippen molar-refractivity contribution in [3.8, 4) is 0 Å². The van der Waals surface area contributed by atoms with Crippen LogP contribution in [0.15, 0.2) is 54.6 Å².